The third-order valence-electron chi connectivity index (χ3n) is 4.58. The minimum atomic E-state index is -3.01. The number of likely N-dealkylation sites (tertiary alicyclic amines) is 1. The van der Waals surface area contributed by atoms with Gasteiger partial charge >= 0.3 is 0 Å². The number of benzene rings is 1. The molecule has 1 aromatic rings. The van der Waals surface area contributed by atoms with Crippen molar-refractivity contribution in [1.29, 1.82) is 0 Å². The van der Waals surface area contributed by atoms with Gasteiger partial charge in [0.25, 0.3) is 0 Å². The van der Waals surface area contributed by atoms with E-state index in [2.05, 4.69) is 24.3 Å². The summed E-state index contributed by atoms with van der Waals surface area (Å²) in [5.74, 6) is -0.115. The molecule has 0 spiro atoms. The van der Waals surface area contributed by atoms with Crippen molar-refractivity contribution in [2.24, 2.45) is 5.92 Å². The van der Waals surface area contributed by atoms with E-state index in [0.29, 0.717) is 6.42 Å². The zero-order chi connectivity index (χ0) is 15.0. The van der Waals surface area contributed by atoms with Gasteiger partial charge in [0.2, 0.25) is 5.91 Å². The van der Waals surface area contributed by atoms with Gasteiger partial charge in [-0.3, -0.25) is 4.79 Å². The first-order valence-corrected chi connectivity index (χ1v) is 9.36. The Labute approximate surface area is 126 Å². The number of sulfone groups is 1. The van der Waals surface area contributed by atoms with Crippen molar-refractivity contribution in [1.82, 2.24) is 4.90 Å². The molecule has 114 valence electrons. The number of hydrogen-bond donors (Lipinski definition) is 0. The van der Waals surface area contributed by atoms with Crippen molar-refractivity contribution in [3.8, 4) is 0 Å². The molecule has 0 aromatic heterocycles. The molecule has 4 nitrogen and oxygen atoms in total. The Hall–Kier alpha value is -1.36. The van der Waals surface area contributed by atoms with Gasteiger partial charge in [-0.05, 0) is 31.7 Å². The van der Waals surface area contributed by atoms with Crippen molar-refractivity contribution in [3.63, 3.8) is 0 Å². The number of aryl methyl sites for hydroxylation is 1. The van der Waals surface area contributed by atoms with Crippen molar-refractivity contribution in [2.45, 2.75) is 32.2 Å². The van der Waals surface area contributed by atoms with Gasteiger partial charge in [0, 0.05) is 6.54 Å². The lowest BCUT2D eigenvalue weighted by molar-refractivity contribution is -0.135. The molecule has 2 heterocycles. The summed E-state index contributed by atoms with van der Waals surface area (Å²) in [5, 5.41) is 0. The van der Waals surface area contributed by atoms with Crippen molar-refractivity contribution in [2.75, 3.05) is 18.1 Å². The summed E-state index contributed by atoms with van der Waals surface area (Å²) in [5.41, 5.74) is 2.36. The number of carbonyl (C=O) groups excluding carboxylic acids is 1. The van der Waals surface area contributed by atoms with Gasteiger partial charge in [-0.15, -0.1) is 0 Å². The Morgan fingerprint density at radius 3 is 2.52 bits per heavy atom. The molecule has 0 radical (unpaired) electrons. The fourth-order valence-electron chi connectivity index (χ4n) is 3.39. The number of amides is 1. The molecule has 2 aliphatic rings. The summed E-state index contributed by atoms with van der Waals surface area (Å²) in [6, 6.07) is 8.40. The van der Waals surface area contributed by atoms with Crippen LogP contribution in [0, 0.1) is 12.8 Å². The maximum absolute atomic E-state index is 12.6. The SMILES string of the molecule is Cc1ccc(C2CCCN2C(=O)C2CCS(=O)(=O)C2)cc1. The Balaban J connectivity index is 1.78. The predicted molar refractivity (Wildman–Crippen MR) is 81.6 cm³/mol. The molecule has 2 fully saturated rings. The van der Waals surface area contributed by atoms with Crippen LogP contribution in [0.4, 0.5) is 0 Å². The first-order valence-electron chi connectivity index (χ1n) is 7.54. The number of hydrogen-bond acceptors (Lipinski definition) is 3. The van der Waals surface area contributed by atoms with Gasteiger partial charge in [-0.2, -0.15) is 0 Å². The maximum Gasteiger partial charge on any atom is 0.227 e. The van der Waals surface area contributed by atoms with Gasteiger partial charge in [0.1, 0.15) is 0 Å². The molecule has 0 N–H and O–H groups in total. The lowest BCUT2D eigenvalue weighted by atomic mass is 10.0. The third kappa shape index (κ3) is 2.98. The van der Waals surface area contributed by atoms with Crippen LogP contribution in [0.3, 0.4) is 0 Å². The normalized spacial score (nSPS) is 28.0. The molecule has 0 aliphatic carbocycles. The first-order chi connectivity index (χ1) is 9.96. The summed E-state index contributed by atoms with van der Waals surface area (Å²) >= 11 is 0. The highest BCUT2D eigenvalue weighted by atomic mass is 32.2. The van der Waals surface area contributed by atoms with E-state index in [0.717, 1.165) is 24.9 Å². The lowest BCUT2D eigenvalue weighted by Crippen LogP contribution is -2.36. The van der Waals surface area contributed by atoms with E-state index in [9.17, 15) is 13.2 Å². The molecular weight excluding hydrogens is 286 g/mol. The molecule has 1 amide bonds. The van der Waals surface area contributed by atoms with Gasteiger partial charge in [0.15, 0.2) is 9.84 Å². The third-order valence-corrected chi connectivity index (χ3v) is 6.35. The van der Waals surface area contributed by atoms with Crippen LogP contribution in [-0.2, 0) is 14.6 Å². The van der Waals surface area contributed by atoms with Crippen LogP contribution in [0.25, 0.3) is 0 Å². The zero-order valence-electron chi connectivity index (χ0n) is 12.3. The minimum Gasteiger partial charge on any atom is -0.335 e. The second-order valence-electron chi connectivity index (χ2n) is 6.20. The van der Waals surface area contributed by atoms with Gasteiger partial charge < -0.3 is 4.90 Å². The molecule has 2 aliphatic heterocycles. The molecule has 2 unspecified atom stereocenters. The fourth-order valence-corrected chi connectivity index (χ4v) is 5.12. The van der Waals surface area contributed by atoms with Crippen LogP contribution in [-0.4, -0.2) is 37.3 Å². The highest BCUT2D eigenvalue weighted by Crippen LogP contribution is 2.34. The van der Waals surface area contributed by atoms with Crippen LogP contribution in [0.2, 0.25) is 0 Å². The molecule has 3 rings (SSSR count). The van der Waals surface area contributed by atoms with Gasteiger partial charge in [-0.1, -0.05) is 29.8 Å². The van der Waals surface area contributed by atoms with Crippen LogP contribution < -0.4 is 0 Å². The van der Waals surface area contributed by atoms with Crippen LogP contribution in [0.15, 0.2) is 24.3 Å². The molecule has 0 bridgehead atoms. The van der Waals surface area contributed by atoms with E-state index in [4.69, 9.17) is 0 Å². The van der Waals surface area contributed by atoms with Gasteiger partial charge in [-0.25, -0.2) is 8.42 Å². The molecule has 0 saturated carbocycles. The average molecular weight is 307 g/mol. The fraction of sp³-hybridized carbons (Fsp3) is 0.562. The Morgan fingerprint density at radius 1 is 1.19 bits per heavy atom. The Kier molecular flexibility index (Phi) is 3.78. The highest BCUT2D eigenvalue weighted by molar-refractivity contribution is 7.91. The van der Waals surface area contributed by atoms with Crippen molar-refractivity contribution in [3.05, 3.63) is 35.4 Å². The van der Waals surface area contributed by atoms with E-state index in [1.54, 1.807) is 0 Å². The average Bonchev–Trinajstić information content (AvgIpc) is 3.05. The zero-order valence-corrected chi connectivity index (χ0v) is 13.1. The topological polar surface area (TPSA) is 54.5 Å². The van der Waals surface area contributed by atoms with E-state index < -0.39 is 9.84 Å². The lowest BCUT2D eigenvalue weighted by Gasteiger charge is -2.27. The smallest absolute Gasteiger partial charge is 0.227 e. The molecule has 21 heavy (non-hydrogen) atoms. The predicted octanol–water partition coefficient (Wildman–Crippen LogP) is 2.09. The highest BCUT2D eigenvalue weighted by Gasteiger charge is 2.39. The van der Waals surface area contributed by atoms with Crippen LogP contribution in [0.5, 0.6) is 0 Å². The number of nitrogens with zero attached hydrogens (tertiary/aromatic N) is 1. The molecule has 2 atom stereocenters. The number of carbonyl (C=O) groups is 1. The second-order valence-corrected chi connectivity index (χ2v) is 8.43. The van der Waals surface area contributed by atoms with E-state index in [1.807, 2.05) is 11.8 Å². The molecule has 5 heteroatoms. The maximum atomic E-state index is 12.6. The molecular formula is C16H21NO3S. The summed E-state index contributed by atoms with van der Waals surface area (Å²) in [6.07, 6.45) is 2.44. The van der Waals surface area contributed by atoms with Gasteiger partial charge in [0.05, 0.1) is 23.5 Å². The standard InChI is InChI=1S/C16H21NO3S/c1-12-4-6-13(7-5-12)15-3-2-9-17(15)16(18)14-8-10-21(19,20)11-14/h4-7,14-15H,2-3,8-11H2,1H3. The summed E-state index contributed by atoms with van der Waals surface area (Å²) in [6.45, 7) is 2.79. The van der Waals surface area contributed by atoms with E-state index >= 15 is 0 Å². The molecule has 1 aromatic carbocycles. The van der Waals surface area contributed by atoms with Crippen LogP contribution in [0.1, 0.15) is 36.4 Å². The number of rotatable bonds is 2. The summed E-state index contributed by atoms with van der Waals surface area (Å²) in [4.78, 5) is 14.5. The second kappa shape index (κ2) is 5.44. The monoisotopic (exact) mass is 307 g/mol. The minimum absolute atomic E-state index is 0.0270. The first kappa shape index (κ1) is 14.6. The van der Waals surface area contributed by atoms with E-state index in [-0.39, 0.29) is 29.4 Å². The van der Waals surface area contributed by atoms with Crippen LogP contribution >= 0.6 is 0 Å². The Bertz CT molecular complexity index is 636. The largest absolute Gasteiger partial charge is 0.335 e. The quantitative estimate of drug-likeness (QED) is 0.840. The van der Waals surface area contributed by atoms with Crippen molar-refractivity contribution < 1.29 is 13.2 Å². The Morgan fingerprint density at radius 2 is 1.90 bits per heavy atom. The van der Waals surface area contributed by atoms with E-state index in [1.165, 1.54) is 5.56 Å². The van der Waals surface area contributed by atoms with Crippen molar-refractivity contribution >= 4 is 15.7 Å². The summed E-state index contributed by atoms with van der Waals surface area (Å²) < 4.78 is 23.2. The summed E-state index contributed by atoms with van der Waals surface area (Å²) in [7, 11) is -3.01. The molecule has 2 saturated heterocycles.